The lowest BCUT2D eigenvalue weighted by Gasteiger charge is -2.40. The monoisotopic (exact) mass is 340 g/mol. The maximum atomic E-state index is 13.1. The second kappa shape index (κ2) is 6.20. The number of aliphatic hydroxyl groups is 1. The zero-order valence-electron chi connectivity index (χ0n) is 13.1. The third-order valence-corrected chi connectivity index (χ3v) is 4.81. The van der Waals surface area contributed by atoms with E-state index in [2.05, 4.69) is 5.10 Å². The molecule has 0 saturated heterocycles. The quantitative estimate of drug-likeness (QED) is 0.892. The average molecular weight is 340 g/mol. The van der Waals surface area contributed by atoms with Gasteiger partial charge in [0.05, 0.1) is 0 Å². The molecule has 0 unspecified atom stereocenters. The van der Waals surface area contributed by atoms with E-state index in [0.29, 0.717) is 17.9 Å². The molecule has 1 heterocycles. The van der Waals surface area contributed by atoms with Crippen molar-refractivity contribution in [3.8, 4) is 0 Å². The predicted molar refractivity (Wildman–Crippen MR) is 82.2 cm³/mol. The van der Waals surface area contributed by atoms with Gasteiger partial charge in [0.1, 0.15) is 5.71 Å². The summed E-state index contributed by atoms with van der Waals surface area (Å²) in [6.45, 7) is 0. The molecule has 1 amide bonds. The summed E-state index contributed by atoms with van der Waals surface area (Å²) < 4.78 is 39.4. The second-order valence-corrected chi connectivity index (χ2v) is 6.42. The van der Waals surface area contributed by atoms with Gasteiger partial charge in [-0.25, -0.2) is 0 Å². The van der Waals surface area contributed by atoms with Crippen molar-refractivity contribution in [2.45, 2.75) is 50.4 Å². The van der Waals surface area contributed by atoms with Crippen LogP contribution in [0.2, 0.25) is 0 Å². The molecule has 1 saturated carbocycles. The van der Waals surface area contributed by atoms with E-state index < -0.39 is 35.9 Å². The van der Waals surface area contributed by atoms with Crippen LogP contribution in [0, 0.1) is 5.92 Å². The highest BCUT2D eigenvalue weighted by Gasteiger charge is 2.55. The van der Waals surface area contributed by atoms with Gasteiger partial charge in [-0.3, -0.25) is 4.79 Å². The van der Waals surface area contributed by atoms with Crippen LogP contribution in [0.15, 0.2) is 35.4 Å². The van der Waals surface area contributed by atoms with Crippen molar-refractivity contribution in [1.82, 2.24) is 5.01 Å². The lowest BCUT2D eigenvalue weighted by molar-refractivity contribution is -0.123. The van der Waals surface area contributed by atoms with Gasteiger partial charge in [-0.1, -0.05) is 37.5 Å². The minimum Gasteiger partial charge on any atom is -0.368 e. The maximum absolute atomic E-state index is 13.1. The van der Waals surface area contributed by atoms with E-state index in [1.54, 1.807) is 18.2 Å². The Bertz CT molecular complexity index is 639. The van der Waals surface area contributed by atoms with Gasteiger partial charge < -0.3 is 5.11 Å². The third-order valence-electron chi connectivity index (χ3n) is 4.81. The van der Waals surface area contributed by atoms with Crippen LogP contribution in [0.25, 0.3) is 0 Å². The molecule has 0 aromatic heterocycles. The van der Waals surface area contributed by atoms with E-state index in [-0.39, 0.29) is 5.56 Å². The fourth-order valence-electron chi connectivity index (χ4n) is 3.53. The number of hydrazone groups is 1. The van der Waals surface area contributed by atoms with Gasteiger partial charge >= 0.3 is 6.18 Å². The van der Waals surface area contributed by atoms with E-state index in [9.17, 15) is 23.1 Å². The molecule has 24 heavy (non-hydrogen) atoms. The van der Waals surface area contributed by atoms with E-state index in [1.807, 2.05) is 0 Å². The Balaban J connectivity index is 1.96. The minimum atomic E-state index is -4.66. The number of benzene rings is 1. The number of alkyl halides is 3. The van der Waals surface area contributed by atoms with Crippen LogP contribution in [0.1, 0.15) is 48.9 Å². The summed E-state index contributed by atoms with van der Waals surface area (Å²) in [7, 11) is 0. The maximum Gasteiger partial charge on any atom is 0.431 e. The van der Waals surface area contributed by atoms with Gasteiger partial charge in [-0.2, -0.15) is 23.3 Å². The third kappa shape index (κ3) is 3.05. The number of nitrogens with zero attached hydrogens (tertiary/aromatic N) is 2. The Morgan fingerprint density at radius 2 is 1.79 bits per heavy atom. The topological polar surface area (TPSA) is 52.9 Å². The van der Waals surface area contributed by atoms with Crippen molar-refractivity contribution < 1.29 is 23.1 Å². The molecule has 1 aliphatic carbocycles. The lowest BCUT2D eigenvalue weighted by Crippen LogP contribution is -2.52. The number of hydrogen-bond donors (Lipinski definition) is 1. The van der Waals surface area contributed by atoms with E-state index in [0.717, 1.165) is 19.3 Å². The van der Waals surface area contributed by atoms with Crippen LogP contribution in [0.3, 0.4) is 0 Å². The first kappa shape index (κ1) is 17.0. The van der Waals surface area contributed by atoms with E-state index in [4.69, 9.17) is 0 Å². The van der Waals surface area contributed by atoms with Crippen molar-refractivity contribution in [3.05, 3.63) is 35.9 Å². The normalized spacial score (nSPS) is 25.7. The summed E-state index contributed by atoms with van der Waals surface area (Å²) in [4.78, 5) is 12.7. The van der Waals surface area contributed by atoms with E-state index >= 15 is 0 Å². The molecule has 4 nitrogen and oxygen atoms in total. The average Bonchev–Trinajstić information content (AvgIpc) is 2.95. The summed E-state index contributed by atoms with van der Waals surface area (Å²) in [5.41, 5.74) is -2.79. The molecule has 130 valence electrons. The van der Waals surface area contributed by atoms with E-state index in [1.165, 1.54) is 12.1 Å². The smallest absolute Gasteiger partial charge is 0.368 e. The van der Waals surface area contributed by atoms with Crippen LogP contribution in [-0.2, 0) is 0 Å². The minimum absolute atomic E-state index is 0.207. The number of halogens is 3. The Labute approximate surface area is 138 Å². The van der Waals surface area contributed by atoms with Gasteiger partial charge in [0, 0.05) is 17.9 Å². The Kier molecular flexibility index (Phi) is 4.38. The fourth-order valence-corrected chi connectivity index (χ4v) is 3.53. The van der Waals surface area contributed by atoms with Crippen molar-refractivity contribution >= 4 is 11.6 Å². The molecule has 0 spiro atoms. The molecule has 2 aliphatic rings. The second-order valence-electron chi connectivity index (χ2n) is 6.42. The highest BCUT2D eigenvalue weighted by Crippen LogP contribution is 2.43. The zero-order valence-corrected chi connectivity index (χ0v) is 13.1. The van der Waals surface area contributed by atoms with Gasteiger partial charge in [0.15, 0.2) is 5.72 Å². The molecule has 7 heteroatoms. The first-order chi connectivity index (χ1) is 11.3. The van der Waals surface area contributed by atoms with Gasteiger partial charge in [-0.05, 0) is 25.0 Å². The number of hydrogen-bond acceptors (Lipinski definition) is 3. The van der Waals surface area contributed by atoms with Crippen LogP contribution >= 0.6 is 0 Å². The molecule has 0 radical (unpaired) electrons. The molecule has 1 aromatic rings. The van der Waals surface area contributed by atoms with Crippen molar-refractivity contribution in [2.24, 2.45) is 11.0 Å². The molecule has 1 aliphatic heterocycles. The van der Waals surface area contributed by atoms with Gasteiger partial charge in [0.25, 0.3) is 5.91 Å². The number of amides is 1. The molecule has 1 aromatic carbocycles. The first-order valence-corrected chi connectivity index (χ1v) is 8.09. The van der Waals surface area contributed by atoms with Crippen LogP contribution < -0.4 is 0 Å². The molecular weight excluding hydrogens is 321 g/mol. The highest BCUT2D eigenvalue weighted by molar-refractivity contribution is 5.99. The molecule has 1 atom stereocenters. The highest BCUT2D eigenvalue weighted by atomic mass is 19.4. The lowest BCUT2D eigenvalue weighted by atomic mass is 9.79. The first-order valence-electron chi connectivity index (χ1n) is 8.09. The Morgan fingerprint density at radius 3 is 2.38 bits per heavy atom. The summed E-state index contributed by atoms with van der Waals surface area (Å²) in [5, 5.41) is 15.2. The molecule has 0 bridgehead atoms. The van der Waals surface area contributed by atoms with Crippen molar-refractivity contribution in [1.29, 1.82) is 0 Å². The predicted octanol–water partition coefficient (Wildman–Crippen LogP) is 3.72. The zero-order chi connectivity index (χ0) is 17.4. The largest absolute Gasteiger partial charge is 0.431 e. The number of carbonyl (C=O) groups excluding carboxylic acids is 1. The molecular formula is C17H19F3N2O2. The summed E-state index contributed by atoms with van der Waals surface area (Å²) in [6, 6.07) is 7.96. The fraction of sp³-hybridized carbons (Fsp3) is 0.529. The SMILES string of the molecule is O=C(c1ccccc1)N1N=C(C(F)(F)F)C[C@]1(O)C1CCCCC1. The Morgan fingerprint density at radius 1 is 1.17 bits per heavy atom. The van der Waals surface area contributed by atoms with Crippen molar-refractivity contribution in [3.63, 3.8) is 0 Å². The van der Waals surface area contributed by atoms with Crippen LogP contribution in [0.5, 0.6) is 0 Å². The number of carbonyl (C=O) groups is 1. The van der Waals surface area contributed by atoms with Crippen molar-refractivity contribution in [2.75, 3.05) is 0 Å². The molecule has 3 rings (SSSR count). The summed E-state index contributed by atoms with van der Waals surface area (Å²) in [5.74, 6) is -1.11. The molecule has 1 N–H and O–H groups in total. The van der Waals surface area contributed by atoms with Gasteiger partial charge in [0.2, 0.25) is 0 Å². The standard InChI is InChI=1S/C17H19F3N2O2/c18-17(19,20)14-11-16(24,13-9-5-2-6-10-13)22(21-14)15(23)12-7-3-1-4-8-12/h1,3-4,7-8,13,24H,2,5-6,9-11H2/t16-/m0/s1. The summed E-state index contributed by atoms with van der Waals surface area (Å²) >= 11 is 0. The molecule has 1 fully saturated rings. The Hall–Kier alpha value is -1.89. The number of rotatable bonds is 2. The van der Waals surface area contributed by atoms with Gasteiger partial charge in [-0.15, -0.1) is 0 Å². The van der Waals surface area contributed by atoms with Crippen LogP contribution in [0.4, 0.5) is 13.2 Å². The summed E-state index contributed by atoms with van der Waals surface area (Å²) in [6.07, 6.45) is -1.48. The van der Waals surface area contributed by atoms with Crippen LogP contribution in [-0.4, -0.2) is 33.6 Å².